The molecule has 2 aromatic carbocycles. The second kappa shape index (κ2) is 6.19. The van der Waals surface area contributed by atoms with Crippen LogP contribution in [0.2, 0.25) is 10.0 Å². The van der Waals surface area contributed by atoms with Crippen LogP contribution in [0.4, 0.5) is 5.69 Å². The van der Waals surface area contributed by atoms with Gasteiger partial charge in [-0.2, -0.15) is 0 Å². The highest BCUT2D eigenvalue weighted by molar-refractivity contribution is 6.31. The van der Waals surface area contributed by atoms with Crippen LogP contribution < -0.4 is 10.1 Å². The van der Waals surface area contributed by atoms with Crippen LogP contribution in [0.1, 0.15) is 11.1 Å². The molecule has 2 aromatic rings. The van der Waals surface area contributed by atoms with Gasteiger partial charge < -0.3 is 10.1 Å². The maximum absolute atomic E-state index is 12.5. The van der Waals surface area contributed by atoms with E-state index in [1.54, 1.807) is 12.1 Å². The van der Waals surface area contributed by atoms with Crippen LogP contribution >= 0.6 is 23.2 Å². The van der Waals surface area contributed by atoms with Crippen LogP contribution in [0, 0.1) is 12.8 Å². The smallest absolute Gasteiger partial charge is 0.231 e. The van der Waals surface area contributed by atoms with E-state index in [4.69, 9.17) is 27.9 Å². The van der Waals surface area contributed by atoms with Gasteiger partial charge in [0, 0.05) is 15.7 Å². The molecule has 0 fully saturated rings. The first kappa shape index (κ1) is 15.2. The summed E-state index contributed by atoms with van der Waals surface area (Å²) in [4.78, 5) is 12.5. The first-order chi connectivity index (χ1) is 10.5. The molecule has 1 atom stereocenters. The zero-order valence-electron chi connectivity index (χ0n) is 12.0. The predicted octanol–water partition coefficient (Wildman–Crippen LogP) is 4.49. The average Bonchev–Trinajstić information content (AvgIpc) is 2.51. The molecule has 3 rings (SSSR count). The Kier molecular flexibility index (Phi) is 4.27. The molecule has 3 nitrogen and oxygen atoms in total. The van der Waals surface area contributed by atoms with E-state index in [9.17, 15) is 4.79 Å². The third kappa shape index (κ3) is 3.06. The molecule has 0 aromatic heterocycles. The number of benzene rings is 2. The molecule has 22 heavy (non-hydrogen) atoms. The van der Waals surface area contributed by atoms with Gasteiger partial charge in [0.05, 0.1) is 5.92 Å². The van der Waals surface area contributed by atoms with E-state index < -0.39 is 0 Å². The summed E-state index contributed by atoms with van der Waals surface area (Å²) in [6, 6.07) is 10.9. The van der Waals surface area contributed by atoms with Crippen molar-refractivity contribution in [2.45, 2.75) is 13.3 Å². The molecule has 0 radical (unpaired) electrons. The fourth-order valence-electron chi connectivity index (χ4n) is 2.51. The maximum atomic E-state index is 12.5. The highest BCUT2D eigenvalue weighted by Gasteiger charge is 2.26. The van der Waals surface area contributed by atoms with Gasteiger partial charge in [-0.3, -0.25) is 4.79 Å². The Hall–Kier alpha value is -1.71. The Morgan fingerprint density at radius 2 is 2.09 bits per heavy atom. The van der Waals surface area contributed by atoms with Gasteiger partial charge in [0.15, 0.2) is 0 Å². The van der Waals surface area contributed by atoms with Gasteiger partial charge in [0.25, 0.3) is 0 Å². The topological polar surface area (TPSA) is 38.3 Å². The summed E-state index contributed by atoms with van der Waals surface area (Å²) < 4.78 is 5.66. The standard InChI is InChI=1S/C17H15Cl2NO2/c1-10-14(19)3-2-4-15(10)20-17(21)12-7-11-8-13(18)5-6-16(11)22-9-12/h2-6,8,12H,7,9H2,1H3,(H,20,21). The Morgan fingerprint density at radius 3 is 2.91 bits per heavy atom. The van der Waals surface area contributed by atoms with E-state index in [2.05, 4.69) is 5.32 Å². The Bertz CT molecular complexity index is 731. The van der Waals surface area contributed by atoms with Crippen molar-refractivity contribution in [3.63, 3.8) is 0 Å². The molecule has 0 saturated heterocycles. The minimum atomic E-state index is -0.246. The molecule has 1 heterocycles. The summed E-state index contributed by atoms with van der Waals surface area (Å²) in [5.74, 6) is 0.479. The van der Waals surface area contributed by atoms with Crippen molar-refractivity contribution in [3.05, 3.63) is 57.6 Å². The number of nitrogens with one attached hydrogen (secondary N) is 1. The molecule has 1 amide bonds. The number of carbonyl (C=O) groups excluding carboxylic acids is 1. The summed E-state index contributed by atoms with van der Waals surface area (Å²) in [5.41, 5.74) is 2.55. The zero-order valence-corrected chi connectivity index (χ0v) is 13.5. The highest BCUT2D eigenvalue weighted by Crippen LogP contribution is 2.31. The molecule has 5 heteroatoms. The fourth-order valence-corrected chi connectivity index (χ4v) is 2.88. The summed E-state index contributed by atoms with van der Waals surface area (Å²) in [6.07, 6.45) is 0.612. The lowest BCUT2D eigenvalue weighted by Gasteiger charge is -2.25. The predicted molar refractivity (Wildman–Crippen MR) is 89.0 cm³/mol. The van der Waals surface area contributed by atoms with Crippen LogP contribution in [-0.4, -0.2) is 12.5 Å². The van der Waals surface area contributed by atoms with Crippen LogP contribution in [0.15, 0.2) is 36.4 Å². The number of ether oxygens (including phenoxy) is 1. The quantitative estimate of drug-likeness (QED) is 0.877. The van der Waals surface area contributed by atoms with Gasteiger partial charge in [-0.1, -0.05) is 29.3 Å². The van der Waals surface area contributed by atoms with Gasteiger partial charge in [0.1, 0.15) is 12.4 Å². The number of hydrogen-bond donors (Lipinski definition) is 1. The summed E-state index contributed by atoms with van der Waals surface area (Å²) in [7, 11) is 0. The van der Waals surface area contributed by atoms with Crippen molar-refractivity contribution >= 4 is 34.8 Å². The van der Waals surface area contributed by atoms with E-state index in [0.717, 1.165) is 22.6 Å². The molecule has 0 aliphatic carbocycles. The van der Waals surface area contributed by atoms with Crippen molar-refractivity contribution in [1.29, 1.82) is 0 Å². The van der Waals surface area contributed by atoms with Crippen LogP contribution in [0.5, 0.6) is 5.75 Å². The van der Waals surface area contributed by atoms with Crippen molar-refractivity contribution in [2.75, 3.05) is 11.9 Å². The lowest BCUT2D eigenvalue weighted by molar-refractivity contribution is -0.121. The van der Waals surface area contributed by atoms with Crippen LogP contribution in [0.25, 0.3) is 0 Å². The van der Waals surface area contributed by atoms with Crippen LogP contribution in [0.3, 0.4) is 0 Å². The second-order valence-corrected chi connectivity index (χ2v) is 6.21. The SMILES string of the molecule is Cc1c(Cl)cccc1NC(=O)C1COc2ccc(Cl)cc2C1. The lowest BCUT2D eigenvalue weighted by atomic mass is 9.96. The maximum Gasteiger partial charge on any atom is 0.231 e. The molecule has 114 valence electrons. The normalized spacial score (nSPS) is 16.6. The van der Waals surface area contributed by atoms with E-state index in [0.29, 0.717) is 23.1 Å². The van der Waals surface area contributed by atoms with E-state index in [-0.39, 0.29) is 11.8 Å². The second-order valence-electron chi connectivity index (χ2n) is 5.37. The first-order valence-corrected chi connectivity index (χ1v) is 7.77. The van der Waals surface area contributed by atoms with Gasteiger partial charge in [-0.15, -0.1) is 0 Å². The molecular weight excluding hydrogens is 321 g/mol. The average molecular weight is 336 g/mol. The summed E-state index contributed by atoms with van der Waals surface area (Å²) >= 11 is 12.1. The molecule has 1 N–H and O–H groups in total. The van der Waals surface area contributed by atoms with Crippen molar-refractivity contribution < 1.29 is 9.53 Å². The van der Waals surface area contributed by atoms with E-state index >= 15 is 0 Å². The fraction of sp³-hybridized carbons (Fsp3) is 0.235. The number of anilines is 1. The summed E-state index contributed by atoms with van der Waals surface area (Å²) in [6.45, 7) is 2.24. The Morgan fingerprint density at radius 1 is 1.27 bits per heavy atom. The molecule has 0 bridgehead atoms. The Balaban J connectivity index is 1.75. The molecule has 0 spiro atoms. The van der Waals surface area contributed by atoms with Crippen molar-refractivity contribution in [2.24, 2.45) is 5.92 Å². The van der Waals surface area contributed by atoms with Gasteiger partial charge >= 0.3 is 0 Å². The van der Waals surface area contributed by atoms with Crippen molar-refractivity contribution in [3.8, 4) is 5.75 Å². The van der Waals surface area contributed by atoms with E-state index in [1.165, 1.54) is 0 Å². The number of hydrogen-bond acceptors (Lipinski definition) is 2. The number of rotatable bonds is 2. The van der Waals surface area contributed by atoms with Gasteiger partial charge in [0.2, 0.25) is 5.91 Å². The third-order valence-electron chi connectivity index (χ3n) is 3.83. The monoisotopic (exact) mass is 335 g/mol. The van der Waals surface area contributed by atoms with Gasteiger partial charge in [-0.25, -0.2) is 0 Å². The van der Waals surface area contributed by atoms with Crippen LogP contribution in [-0.2, 0) is 11.2 Å². The minimum Gasteiger partial charge on any atom is -0.492 e. The third-order valence-corrected chi connectivity index (χ3v) is 4.47. The largest absolute Gasteiger partial charge is 0.492 e. The van der Waals surface area contributed by atoms with Gasteiger partial charge in [-0.05, 0) is 54.8 Å². The molecule has 1 aliphatic rings. The van der Waals surface area contributed by atoms with Crippen molar-refractivity contribution in [1.82, 2.24) is 0 Å². The molecule has 1 aliphatic heterocycles. The summed E-state index contributed by atoms with van der Waals surface area (Å²) in [5, 5.41) is 4.21. The van der Waals surface area contributed by atoms with E-state index in [1.807, 2.05) is 31.2 Å². The molecule has 0 saturated carbocycles. The molecule has 1 unspecified atom stereocenters. The Labute approximate surface area is 139 Å². The number of halogens is 2. The number of fused-ring (bicyclic) bond motifs is 1. The minimum absolute atomic E-state index is 0.0732. The highest BCUT2D eigenvalue weighted by atomic mass is 35.5. The number of carbonyl (C=O) groups is 1. The first-order valence-electron chi connectivity index (χ1n) is 7.02. The number of amides is 1. The zero-order chi connectivity index (χ0) is 15.7. The molecular formula is C17H15Cl2NO2. The lowest BCUT2D eigenvalue weighted by Crippen LogP contribution is -2.32.